The van der Waals surface area contributed by atoms with E-state index in [1.807, 2.05) is 6.07 Å². The molecule has 0 aliphatic heterocycles. The molecule has 1 N–H and O–H groups in total. The molecule has 1 aromatic carbocycles. The van der Waals surface area contributed by atoms with Crippen molar-refractivity contribution in [1.29, 1.82) is 0 Å². The molecule has 0 aliphatic rings. The number of nitrogens with zero attached hydrogens (tertiary/aromatic N) is 1. The largest absolute Gasteiger partial charge is 0.477 e. The third-order valence-corrected chi connectivity index (χ3v) is 3.67. The maximum atomic E-state index is 13.0. The summed E-state index contributed by atoms with van der Waals surface area (Å²) in [5, 5.41) is 9.30. The zero-order valence-corrected chi connectivity index (χ0v) is 12.2. The first-order valence-electron chi connectivity index (χ1n) is 7.22. The normalized spacial score (nSPS) is 11.2. The maximum Gasteiger partial charge on any atom is 0.352 e. The number of fused-ring (bicyclic) bond motifs is 1. The third-order valence-electron chi connectivity index (χ3n) is 3.67. The van der Waals surface area contributed by atoms with Crippen LogP contribution in [0.5, 0.6) is 0 Å². The van der Waals surface area contributed by atoms with Crippen molar-refractivity contribution < 1.29 is 18.7 Å². The van der Waals surface area contributed by atoms with Crippen LogP contribution in [0.3, 0.4) is 0 Å². The molecule has 0 unspecified atom stereocenters. The van der Waals surface area contributed by atoms with Gasteiger partial charge in [0.15, 0.2) is 5.58 Å². The number of aromatic carboxylic acids is 1. The highest BCUT2D eigenvalue weighted by atomic mass is 19.1. The predicted octanol–water partition coefficient (Wildman–Crippen LogP) is 4.54. The van der Waals surface area contributed by atoms with Gasteiger partial charge in [0, 0.05) is 24.2 Å². The number of benzene rings is 1. The Bertz CT molecular complexity index is 814. The summed E-state index contributed by atoms with van der Waals surface area (Å²) in [5.74, 6) is -0.668. The highest BCUT2D eigenvalue weighted by molar-refractivity contribution is 5.94. The molecule has 114 valence electrons. The van der Waals surface area contributed by atoms with Crippen LogP contribution in [-0.2, 0) is 6.54 Å². The van der Waals surface area contributed by atoms with Crippen molar-refractivity contribution in [1.82, 2.24) is 4.57 Å². The number of rotatable bonds is 5. The van der Waals surface area contributed by atoms with Crippen LogP contribution in [0.1, 0.15) is 30.3 Å². The topological polar surface area (TPSA) is 55.4 Å². The molecule has 0 fully saturated rings. The first kappa shape index (κ1) is 14.4. The van der Waals surface area contributed by atoms with Gasteiger partial charge in [0.05, 0.1) is 5.52 Å². The second-order valence-electron chi connectivity index (χ2n) is 5.21. The highest BCUT2D eigenvalue weighted by Gasteiger charge is 2.18. The van der Waals surface area contributed by atoms with Crippen molar-refractivity contribution in [2.45, 2.75) is 26.3 Å². The zero-order valence-electron chi connectivity index (χ0n) is 12.2. The summed E-state index contributed by atoms with van der Waals surface area (Å²) in [6.07, 6.45) is 1.86. The minimum Gasteiger partial charge on any atom is -0.477 e. The molecule has 0 saturated carbocycles. The van der Waals surface area contributed by atoms with Crippen LogP contribution in [0.15, 0.2) is 40.8 Å². The van der Waals surface area contributed by atoms with E-state index in [2.05, 4.69) is 6.92 Å². The van der Waals surface area contributed by atoms with E-state index in [0.29, 0.717) is 17.9 Å². The van der Waals surface area contributed by atoms with Gasteiger partial charge in [-0.25, -0.2) is 9.18 Å². The molecule has 2 heterocycles. The average molecular weight is 301 g/mol. The monoisotopic (exact) mass is 301 g/mol. The minimum absolute atomic E-state index is 0.229. The van der Waals surface area contributed by atoms with Gasteiger partial charge in [-0.05, 0) is 30.7 Å². The first-order chi connectivity index (χ1) is 10.6. The Kier molecular flexibility index (Phi) is 3.71. The van der Waals surface area contributed by atoms with E-state index in [1.165, 1.54) is 12.1 Å². The van der Waals surface area contributed by atoms with Crippen molar-refractivity contribution in [2.24, 2.45) is 0 Å². The van der Waals surface area contributed by atoms with Crippen LogP contribution in [0.2, 0.25) is 0 Å². The number of hydrogen-bond donors (Lipinski definition) is 1. The van der Waals surface area contributed by atoms with E-state index in [4.69, 9.17) is 4.42 Å². The fourth-order valence-electron chi connectivity index (χ4n) is 2.53. The summed E-state index contributed by atoms with van der Waals surface area (Å²) in [6, 6.07) is 9.38. The summed E-state index contributed by atoms with van der Waals surface area (Å²) >= 11 is 0. The molecule has 22 heavy (non-hydrogen) atoms. The Labute approximate surface area is 126 Å². The summed E-state index contributed by atoms with van der Waals surface area (Å²) in [7, 11) is 0. The molecular weight excluding hydrogens is 285 g/mol. The van der Waals surface area contributed by atoms with Gasteiger partial charge in [-0.15, -0.1) is 0 Å². The van der Waals surface area contributed by atoms with Gasteiger partial charge >= 0.3 is 5.97 Å². The summed E-state index contributed by atoms with van der Waals surface area (Å²) < 4.78 is 20.5. The lowest BCUT2D eigenvalue weighted by Crippen LogP contribution is -2.08. The lowest BCUT2D eigenvalue weighted by Gasteiger charge is -2.05. The van der Waals surface area contributed by atoms with Gasteiger partial charge in [-0.2, -0.15) is 0 Å². The Hall–Kier alpha value is -2.56. The van der Waals surface area contributed by atoms with Crippen molar-refractivity contribution in [3.05, 3.63) is 47.9 Å². The molecule has 2 aromatic heterocycles. The van der Waals surface area contributed by atoms with Gasteiger partial charge in [0.25, 0.3) is 0 Å². The van der Waals surface area contributed by atoms with E-state index in [1.54, 1.807) is 22.8 Å². The number of carboxylic acids is 1. The van der Waals surface area contributed by atoms with Crippen LogP contribution in [0.25, 0.3) is 22.4 Å². The number of aromatic nitrogens is 1. The summed E-state index contributed by atoms with van der Waals surface area (Å²) in [6.45, 7) is 2.68. The van der Waals surface area contributed by atoms with E-state index in [9.17, 15) is 14.3 Å². The molecule has 4 nitrogen and oxygen atoms in total. The van der Waals surface area contributed by atoms with E-state index in [-0.39, 0.29) is 11.5 Å². The zero-order chi connectivity index (χ0) is 15.7. The van der Waals surface area contributed by atoms with Crippen molar-refractivity contribution in [2.75, 3.05) is 0 Å². The molecule has 5 heteroatoms. The highest BCUT2D eigenvalue weighted by Crippen LogP contribution is 2.30. The number of unbranched alkanes of at least 4 members (excludes halogenated alkanes) is 1. The minimum atomic E-state index is -0.967. The average Bonchev–Trinajstić information content (AvgIpc) is 3.04. The molecule has 3 aromatic rings. The maximum absolute atomic E-state index is 13.0. The SMILES string of the molecule is CCCCn1c(C(=O)O)cc2oc(-c3ccc(F)cc3)cc21. The third kappa shape index (κ3) is 2.50. The van der Waals surface area contributed by atoms with Gasteiger partial charge in [-0.1, -0.05) is 13.3 Å². The summed E-state index contributed by atoms with van der Waals surface area (Å²) in [4.78, 5) is 11.3. The molecule has 0 bridgehead atoms. The van der Waals surface area contributed by atoms with Crippen molar-refractivity contribution in [3.8, 4) is 11.3 Å². The molecule has 0 aliphatic carbocycles. The smallest absolute Gasteiger partial charge is 0.352 e. The molecular formula is C17H16FNO3. The van der Waals surface area contributed by atoms with Crippen LogP contribution in [0.4, 0.5) is 4.39 Å². The number of halogens is 1. The van der Waals surface area contributed by atoms with Crippen molar-refractivity contribution >= 4 is 17.1 Å². The van der Waals surface area contributed by atoms with Crippen molar-refractivity contribution in [3.63, 3.8) is 0 Å². The molecule has 0 atom stereocenters. The molecule has 0 saturated heterocycles. The van der Waals surface area contributed by atoms with Gasteiger partial charge < -0.3 is 14.1 Å². The van der Waals surface area contributed by atoms with Crippen LogP contribution < -0.4 is 0 Å². The number of furan rings is 1. The Morgan fingerprint density at radius 1 is 1.27 bits per heavy atom. The second-order valence-corrected chi connectivity index (χ2v) is 5.21. The number of hydrogen-bond acceptors (Lipinski definition) is 2. The quantitative estimate of drug-likeness (QED) is 0.752. The summed E-state index contributed by atoms with van der Waals surface area (Å²) in [5.41, 5.74) is 2.28. The second kappa shape index (κ2) is 5.67. The Morgan fingerprint density at radius 3 is 2.64 bits per heavy atom. The van der Waals surface area contributed by atoms with E-state index < -0.39 is 5.97 Å². The lowest BCUT2D eigenvalue weighted by atomic mass is 10.2. The number of carbonyl (C=O) groups is 1. The first-order valence-corrected chi connectivity index (χ1v) is 7.22. The van der Waals surface area contributed by atoms with Crippen LogP contribution >= 0.6 is 0 Å². The van der Waals surface area contributed by atoms with Gasteiger partial charge in [-0.3, -0.25) is 0 Å². The lowest BCUT2D eigenvalue weighted by molar-refractivity contribution is 0.0685. The van der Waals surface area contributed by atoms with Crippen LogP contribution in [-0.4, -0.2) is 15.6 Å². The standard InChI is InChI=1S/C17H16FNO3/c1-2-3-8-19-13-9-15(11-4-6-12(18)7-5-11)22-16(13)10-14(19)17(20)21/h4-7,9-10H,2-3,8H2,1H3,(H,20,21). The van der Waals surface area contributed by atoms with E-state index >= 15 is 0 Å². The fourth-order valence-corrected chi connectivity index (χ4v) is 2.53. The van der Waals surface area contributed by atoms with Gasteiger partial charge in [0.2, 0.25) is 0 Å². The molecule has 0 spiro atoms. The molecule has 0 amide bonds. The fraction of sp³-hybridized carbons (Fsp3) is 0.235. The van der Waals surface area contributed by atoms with Gasteiger partial charge in [0.1, 0.15) is 17.3 Å². The van der Waals surface area contributed by atoms with Crippen LogP contribution in [0, 0.1) is 5.82 Å². The number of aryl methyl sites for hydroxylation is 1. The molecule has 0 radical (unpaired) electrons. The van der Waals surface area contributed by atoms with E-state index in [0.717, 1.165) is 23.9 Å². The Morgan fingerprint density at radius 2 is 2.00 bits per heavy atom. The number of carboxylic acid groups (broad SMARTS) is 1. The predicted molar refractivity (Wildman–Crippen MR) is 81.5 cm³/mol. The molecule has 3 rings (SSSR count). The Balaban J connectivity index is 2.08.